The molecule has 1 amide bonds. The summed E-state index contributed by atoms with van der Waals surface area (Å²) in [6.07, 6.45) is 6.39. The molecule has 0 N–H and O–H groups in total. The SMILES string of the molecule is [CH2]C(=O)N1CCC(N2CCCCC2)CC1. The maximum absolute atomic E-state index is 11.1. The predicted molar refractivity (Wildman–Crippen MR) is 60.4 cm³/mol. The van der Waals surface area contributed by atoms with Crippen LogP contribution in [0.5, 0.6) is 0 Å². The van der Waals surface area contributed by atoms with Crippen molar-refractivity contribution < 1.29 is 4.79 Å². The molecule has 0 spiro atoms. The van der Waals surface area contributed by atoms with Gasteiger partial charge in [0.05, 0.1) is 0 Å². The Labute approximate surface area is 92.4 Å². The third-order valence-electron chi connectivity index (χ3n) is 3.72. The average molecular weight is 209 g/mol. The minimum atomic E-state index is -0.00732. The number of nitrogens with zero attached hydrogens (tertiary/aromatic N) is 2. The lowest BCUT2D eigenvalue weighted by molar-refractivity contribution is -0.127. The molecular weight excluding hydrogens is 188 g/mol. The van der Waals surface area contributed by atoms with Crippen LogP contribution in [0.2, 0.25) is 0 Å². The third-order valence-corrected chi connectivity index (χ3v) is 3.72. The smallest absolute Gasteiger partial charge is 0.223 e. The van der Waals surface area contributed by atoms with E-state index in [1.165, 1.54) is 32.4 Å². The average Bonchev–Trinajstić information content (AvgIpc) is 2.30. The van der Waals surface area contributed by atoms with Crippen molar-refractivity contribution >= 4 is 5.91 Å². The molecule has 3 heteroatoms. The van der Waals surface area contributed by atoms with Crippen molar-refractivity contribution in [2.24, 2.45) is 0 Å². The second-order valence-electron chi connectivity index (χ2n) is 4.71. The molecule has 85 valence electrons. The monoisotopic (exact) mass is 209 g/mol. The Balaban J connectivity index is 1.79. The maximum Gasteiger partial charge on any atom is 0.223 e. The molecule has 2 rings (SSSR count). The zero-order valence-electron chi connectivity index (χ0n) is 9.45. The van der Waals surface area contributed by atoms with Crippen molar-refractivity contribution in [2.45, 2.75) is 38.1 Å². The van der Waals surface area contributed by atoms with Gasteiger partial charge < -0.3 is 9.80 Å². The summed E-state index contributed by atoms with van der Waals surface area (Å²) >= 11 is 0. The number of rotatable bonds is 1. The zero-order chi connectivity index (χ0) is 10.7. The highest BCUT2D eigenvalue weighted by atomic mass is 16.2. The van der Waals surface area contributed by atoms with Crippen molar-refractivity contribution in [3.05, 3.63) is 6.92 Å². The second-order valence-corrected chi connectivity index (χ2v) is 4.71. The van der Waals surface area contributed by atoms with Gasteiger partial charge in [0.2, 0.25) is 5.91 Å². The molecule has 15 heavy (non-hydrogen) atoms. The Kier molecular flexibility index (Phi) is 3.62. The van der Waals surface area contributed by atoms with Gasteiger partial charge in [0.15, 0.2) is 0 Å². The minimum absolute atomic E-state index is 0.00732. The molecule has 2 fully saturated rings. The van der Waals surface area contributed by atoms with Crippen LogP contribution in [-0.4, -0.2) is 47.9 Å². The van der Waals surface area contributed by atoms with E-state index in [1.807, 2.05) is 4.90 Å². The normalized spacial score (nSPS) is 25.5. The molecule has 0 aromatic rings. The van der Waals surface area contributed by atoms with Gasteiger partial charge >= 0.3 is 0 Å². The Morgan fingerprint density at radius 2 is 1.60 bits per heavy atom. The van der Waals surface area contributed by atoms with E-state index in [0.717, 1.165) is 32.0 Å². The first-order valence-corrected chi connectivity index (χ1v) is 6.12. The second kappa shape index (κ2) is 4.97. The number of carbonyl (C=O) groups excluding carboxylic acids is 1. The van der Waals surface area contributed by atoms with E-state index in [1.54, 1.807) is 0 Å². The molecule has 2 aliphatic heterocycles. The van der Waals surface area contributed by atoms with Crippen LogP contribution in [0.3, 0.4) is 0 Å². The standard InChI is InChI=1S/C12H21N2O/c1-11(15)13-9-5-12(6-10-13)14-7-3-2-4-8-14/h12H,1-10H2. The van der Waals surface area contributed by atoms with Crippen molar-refractivity contribution in [3.8, 4) is 0 Å². The quantitative estimate of drug-likeness (QED) is 0.650. The highest BCUT2D eigenvalue weighted by molar-refractivity contribution is 5.80. The molecular formula is C12H21N2O. The Bertz CT molecular complexity index is 216. The van der Waals surface area contributed by atoms with E-state index in [9.17, 15) is 4.79 Å². The number of piperidine rings is 2. The first kappa shape index (κ1) is 10.9. The summed E-state index contributed by atoms with van der Waals surface area (Å²) in [6, 6.07) is 0.723. The summed E-state index contributed by atoms with van der Waals surface area (Å²) in [5.41, 5.74) is 0. The Hall–Kier alpha value is -0.570. The van der Waals surface area contributed by atoms with E-state index < -0.39 is 0 Å². The lowest BCUT2D eigenvalue weighted by Crippen LogP contribution is -2.47. The van der Waals surface area contributed by atoms with Crippen LogP contribution in [0.15, 0.2) is 0 Å². The summed E-state index contributed by atoms with van der Waals surface area (Å²) in [5.74, 6) is -0.00732. The van der Waals surface area contributed by atoms with E-state index in [0.29, 0.717) is 0 Å². The van der Waals surface area contributed by atoms with Gasteiger partial charge in [0.25, 0.3) is 0 Å². The van der Waals surface area contributed by atoms with Gasteiger partial charge in [0, 0.05) is 26.1 Å². The molecule has 3 nitrogen and oxygen atoms in total. The molecule has 2 heterocycles. The summed E-state index contributed by atoms with van der Waals surface area (Å²) in [7, 11) is 0. The van der Waals surface area contributed by atoms with Gasteiger partial charge in [-0.2, -0.15) is 0 Å². The molecule has 0 aromatic carbocycles. The van der Waals surface area contributed by atoms with Crippen molar-refractivity contribution in [1.82, 2.24) is 9.80 Å². The number of likely N-dealkylation sites (tertiary alicyclic amines) is 2. The van der Waals surface area contributed by atoms with Crippen LogP contribution >= 0.6 is 0 Å². The van der Waals surface area contributed by atoms with Crippen LogP contribution in [0.1, 0.15) is 32.1 Å². The molecule has 0 saturated carbocycles. The van der Waals surface area contributed by atoms with Gasteiger partial charge in [-0.3, -0.25) is 4.79 Å². The summed E-state index contributed by atoms with van der Waals surface area (Å²) in [4.78, 5) is 15.6. The van der Waals surface area contributed by atoms with E-state index in [4.69, 9.17) is 0 Å². The number of amides is 1. The highest BCUT2D eigenvalue weighted by Gasteiger charge is 2.26. The minimum Gasteiger partial charge on any atom is -0.343 e. The topological polar surface area (TPSA) is 23.6 Å². The Morgan fingerprint density at radius 1 is 1.00 bits per heavy atom. The van der Waals surface area contributed by atoms with Gasteiger partial charge in [-0.25, -0.2) is 0 Å². The van der Waals surface area contributed by atoms with E-state index in [-0.39, 0.29) is 5.91 Å². The fourth-order valence-electron chi connectivity index (χ4n) is 2.76. The fraction of sp³-hybridized carbons (Fsp3) is 0.833. The van der Waals surface area contributed by atoms with Crippen molar-refractivity contribution in [1.29, 1.82) is 0 Å². The molecule has 2 aliphatic rings. The summed E-state index contributed by atoms with van der Waals surface area (Å²) in [5, 5.41) is 0. The lowest BCUT2D eigenvalue weighted by atomic mass is 10.00. The van der Waals surface area contributed by atoms with Crippen LogP contribution in [-0.2, 0) is 4.79 Å². The van der Waals surface area contributed by atoms with E-state index in [2.05, 4.69) is 11.8 Å². The number of hydrogen-bond donors (Lipinski definition) is 0. The van der Waals surface area contributed by atoms with Gasteiger partial charge in [-0.1, -0.05) is 6.42 Å². The molecule has 0 bridgehead atoms. The molecule has 0 aliphatic carbocycles. The molecule has 0 aromatic heterocycles. The maximum atomic E-state index is 11.1. The molecule has 0 atom stereocenters. The fourth-order valence-corrected chi connectivity index (χ4v) is 2.76. The number of hydrogen-bond acceptors (Lipinski definition) is 2. The van der Waals surface area contributed by atoms with Gasteiger partial charge in [0.1, 0.15) is 0 Å². The Morgan fingerprint density at radius 3 is 2.13 bits per heavy atom. The first-order chi connectivity index (χ1) is 7.27. The molecule has 1 radical (unpaired) electrons. The highest BCUT2D eigenvalue weighted by Crippen LogP contribution is 2.20. The first-order valence-electron chi connectivity index (χ1n) is 6.12. The van der Waals surface area contributed by atoms with Crippen molar-refractivity contribution in [2.75, 3.05) is 26.2 Å². The van der Waals surface area contributed by atoms with Crippen LogP contribution < -0.4 is 0 Å². The lowest BCUT2D eigenvalue weighted by Gasteiger charge is -2.39. The van der Waals surface area contributed by atoms with E-state index >= 15 is 0 Å². The molecule has 2 saturated heterocycles. The third kappa shape index (κ3) is 2.71. The number of carbonyl (C=O) groups is 1. The zero-order valence-corrected chi connectivity index (χ0v) is 9.45. The largest absolute Gasteiger partial charge is 0.343 e. The predicted octanol–water partition coefficient (Wildman–Crippen LogP) is 1.30. The van der Waals surface area contributed by atoms with Gasteiger partial charge in [-0.05, 0) is 38.8 Å². The van der Waals surface area contributed by atoms with Crippen LogP contribution in [0.25, 0.3) is 0 Å². The van der Waals surface area contributed by atoms with Crippen LogP contribution in [0, 0.1) is 6.92 Å². The van der Waals surface area contributed by atoms with Crippen molar-refractivity contribution in [3.63, 3.8) is 0 Å². The van der Waals surface area contributed by atoms with Gasteiger partial charge in [-0.15, -0.1) is 0 Å². The summed E-state index contributed by atoms with van der Waals surface area (Å²) < 4.78 is 0. The molecule has 0 unspecified atom stereocenters. The van der Waals surface area contributed by atoms with Crippen LogP contribution in [0.4, 0.5) is 0 Å². The summed E-state index contributed by atoms with van der Waals surface area (Å²) in [6.45, 7) is 7.82.